The topological polar surface area (TPSA) is 72.2 Å². The van der Waals surface area contributed by atoms with Gasteiger partial charge in [0.25, 0.3) is 5.91 Å². The van der Waals surface area contributed by atoms with Crippen molar-refractivity contribution in [2.24, 2.45) is 5.73 Å². The summed E-state index contributed by atoms with van der Waals surface area (Å²) in [4.78, 5) is 22.4. The zero-order valence-electron chi connectivity index (χ0n) is 9.71. The Morgan fingerprint density at radius 3 is 2.67 bits per heavy atom. The highest BCUT2D eigenvalue weighted by atomic mass is 35.5. The van der Waals surface area contributed by atoms with Gasteiger partial charge in [0.2, 0.25) is 5.91 Å². The Morgan fingerprint density at radius 1 is 1.33 bits per heavy atom. The molecule has 18 heavy (non-hydrogen) atoms. The van der Waals surface area contributed by atoms with Crippen molar-refractivity contribution in [3.05, 3.63) is 29.6 Å². The largest absolute Gasteiger partial charge is 0.366 e. The Labute approximate surface area is 109 Å². The highest BCUT2D eigenvalue weighted by Gasteiger charge is 2.10. The monoisotopic (exact) mass is 272 g/mol. The molecule has 98 valence electrons. The molecule has 0 aliphatic rings. The second-order valence-electron chi connectivity index (χ2n) is 3.75. The molecule has 1 aromatic carbocycles. The van der Waals surface area contributed by atoms with E-state index in [4.69, 9.17) is 17.3 Å². The van der Waals surface area contributed by atoms with Crippen LogP contribution in [0.4, 0.5) is 10.1 Å². The van der Waals surface area contributed by atoms with Gasteiger partial charge in [-0.1, -0.05) is 0 Å². The van der Waals surface area contributed by atoms with Crippen LogP contribution < -0.4 is 11.1 Å². The molecule has 0 saturated heterocycles. The number of anilines is 1. The summed E-state index contributed by atoms with van der Waals surface area (Å²) in [5.74, 6) is -1.27. The van der Waals surface area contributed by atoms with E-state index in [0.29, 0.717) is 24.4 Å². The number of halogens is 2. The third-order valence-electron chi connectivity index (χ3n) is 2.30. The van der Waals surface area contributed by atoms with Crippen LogP contribution in [-0.4, -0.2) is 17.7 Å². The number of unbranched alkanes of at least 4 members (excludes halogenated alkanes) is 1. The van der Waals surface area contributed by atoms with E-state index >= 15 is 0 Å². The van der Waals surface area contributed by atoms with Crippen molar-refractivity contribution >= 4 is 29.1 Å². The van der Waals surface area contributed by atoms with Gasteiger partial charge in [0.05, 0.1) is 5.56 Å². The summed E-state index contributed by atoms with van der Waals surface area (Å²) in [5.41, 5.74) is 5.11. The fourth-order valence-electron chi connectivity index (χ4n) is 1.40. The smallest absolute Gasteiger partial charge is 0.251 e. The van der Waals surface area contributed by atoms with E-state index in [0.717, 1.165) is 12.5 Å². The van der Waals surface area contributed by atoms with Crippen molar-refractivity contribution in [1.29, 1.82) is 0 Å². The van der Waals surface area contributed by atoms with Crippen LogP contribution in [0.15, 0.2) is 18.2 Å². The number of nitrogens with one attached hydrogen (secondary N) is 1. The van der Waals surface area contributed by atoms with Crippen molar-refractivity contribution in [3.8, 4) is 0 Å². The zero-order valence-corrected chi connectivity index (χ0v) is 10.5. The fraction of sp³-hybridized carbons (Fsp3) is 0.333. The summed E-state index contributed by atoms with van der Waals surface area (Å²) in [6, 6.07) is 3.69. The van der Waals surface area contributed by atoms with E-state index in [1.54, 1.807) is 0 Å². The SMILES string of the molecule is NC(=O)c1cc(NC(=O)CCCCCl)ccc1F. The molecule has 0 aliphatic heterocycles. The minimum absolute atomic E-state index is 0.206. The van der Waals surface area contributed by atoms with Gasteiger partial charge in [-0.25, -0.2) is 4.39 Å². The Balaban J connectivity index is 2.65. The molecule has 0 saturated carbocycles. The second-order valence-corrected chi connectivity index (χ2v) is 4.13. The first-order valence-corrected chi connectivity index (χ1v) is 6.03. The molecule has 1 rings (SSSR count). The zero-order chi connectivity index (χ0) is 13.5. The number of alkyl halides is 1. The summed E-state index contributed by atoms with van der Waals surface area (Å²) in [7, 11) is 0. The van der Waals surface area contributed by atoms with Gasteiger partial charge in [0, 0.05) is 18.0 Å². The van der Waals surface area contributed by atoms with Gasteiger partial charge in [0.1, 0.15) is 5.82 Å². The number of nitrogens with two attached hydrogens (primary N) is 1. The van der Waals surface area contributed by atoms with Crippen LogP contribution in [0.2, 0.25) is 0 Å². The molecule has 6 heteroatoms. The lowest BCUT2D eigenvalue weighted by Crippen LogP contribution is -2.15. The average Bonchev–Trinajstić information content (AvgIpc) is 2.31. The van der Waals surface area contributed by atoms with Crippen LogP contribution in [0, 0.1) is 5.82 Å². The van der Waals surface area contributed by atoms with Gasteiger partial charge in [-0.2, -0.15) is 0 Å². The molecule has 0 heterocycles. The number of rotatable bonds is 6. The summed E-state index contributed by atoms with van der Waals surface area (Å²) in [6.45, 7) is 0. The van der Waals surface area contributed by atoms with E-state index in [1.807, 2.05) is 0 Å². The summed E-state index contributed by atoms with van der Waals surface area (Å²) in [6.07, 6.45) is 1.76. The predicted octanol–water partition coefficient (Wildman–Crippen LogP) is 2.27. The molecule has 3 N–H and O–H groups in total. The first-order valence-electron chi connectivity index (χ1n) is 5.49. The average molecular weight is 273 g/mol. The number of hydrogen-bond acceptors (Lipinski definition) is 2. The van der Waals surface area contributed by atoms with Crippen LogP contribution in [0.3, 0.4) is 0 Å². The van der Waals surface area contributed by atoms with Gasteiger partial charge in [-0.05, 0) is 31.0 Å². The lowest BCUT2D eigenvalue weighted by atomic mass is 10.1. The van der Waals surface area contributed by atoms with Crippen molar-refractivity contribution in [3.63, 3.8) is 0 Å². The molecular weight excluding hydrogens is 259 g/mol. The molecule has 0 spiro atoms. The molecule has 0 fully saturated rings. The Bertz CT molecular complexity index is 452. The van der Waals surface area contributed by atoms with E-state index in [1.165, 1.54) is 12.1 Å². The molecule has 0 bridgehead atoms. The van der Waals surface area contributed by atoms with Gasteiger partial charge in [0.15, 0.2) is 0 Å². The fourth-order valence-corrected chi connectivity index (χ4v) is 1.58. The minimum atomic E-state index is -0.870. The summed E-state index contributed by atoms with van der Waals surface area (Å²) in [5, 5.41) is 2.57. The molecular formula is C12H14ClFN2O2. The first kappa shape index (κ1) is 14.4. The quantitative estimate of drug-likeness (QED) is 0.616. The number of hydrogen-bond donors (Lipinski definition) is 2. The molecule has 0 unspecified atom stereocenters. The number of amides is 2. The van der Waals surface area contributed by atoms with Crippen LogP contribution in [0.1, 0.15) is 29.6 Å². The van der Waals surface area contributed by atoms with Crippen molar-refractivity contribution in [2.75, 3.05) is 11.2 Å². The van der Waals surface area contributed by atoms with Gasteiger partial charge in [-0.3, -0.25) is 9.59 Å². The Kier molecular flexibility index (Phi) is 5.58. The van der Waals surface area contributed by atoms with E-state index < -0.39 is 11.7 Å². The predicted molar refractivity (Wildman–Crippen MR) is 68.1 cm³/mol. The Hall–Kier alpha value is -1.62. The highest BCUT2D eigenvalue weighted by molar-refractivity contribution is 6.17. The summed E-state index contributed by atoms with van der Waals surface area (Å²) < 4.78 is 13.2. The van der Waals surface area contributed by atoms with Crippen LogP contribution in [0.5, 0.6) is 0 Å². The van der Waals surface area contributed by atoms with Crippen LogP contribution in [-0.2, 0) is 4.79 Å². The maximum atomic E-state index is 13.2. The van der Waals surface area contributed by atoms with Crippen LogP contribution >= 0.6 is 11.6 Å². The first-order chi connectivity index (χ1) is 8.54. The number of benzene rings is 1. The maximum absolute atomic E-state index is 13.2. The highest BCUT2D eigenvalue weighted by Crippen LogP contribution is 2.15. The van der Waals surface area contributed by atoms with E-state index in [2.05, 4.69) is 5.32 Å². The third kappa shape index (κ3) is 4.33. The van der Waals surface area contributed by atoms with Crippen molar-refractivity contribution < 1.29 is 14.0 Å². The molecule has 0 aromatic heterocycles. The molecule has 1 aromatic rings. The minimum Gasteiger partial charge on any atom is -0.366 e. The molecule has 0 radical (unpaired) electrons. The lowest BCUT2D eigenvalue weighted by Gasteiger charge is -2.06. The Morgan fingerprint density at radius 2 is 2.06 bits per heavy atom. The normalized spacial score (nSPS) is 10.1. The van der Waals surface area contributed by atoms with E-state index in [9.17, 15) is 14.0 Å². The molecule has 0 atom stereocenters. The van der Waals surface area contributed by atoms with Gasteiger partial charge >= 0.3 is 0 Å². The number of carbonyl (C=O) groups is 2. The van der Waals surface area contributed by atoms with Crippen LogP contribution in [0.25, 0.3) is 0 Å². The van der Waals surface area contributed by atoms with E-state index in [-0.39, 0.29) is 11.5 Å². The standard InChI is InChI=1S/C12H14ClFN2O2/c13-6-2-1-3-11(17)16-8-4-5-10(14)9(7-8)12(15)18/h4-5,7H,1-3,6H2,(H2,15,18)(H,16,17). The van der Waals surface area contributed by atoms with Crippen molar-refractivity contribution in [1.82, 2.24) is 0 Å². The molecule has 0 aliphatic carbocycles. The second kappa shape index (κ2) is 6.96. The van der Waals surface area contributed by atoms with Gasteiger partial charge in [-0.15, -0.1) is 11.6 Å². The maximum Gasteiger partial charge on any atom is 0.251 e. The third-order valence-corrected chi connectivity index (χ3v) is 2.57. The molecule has 2 amide bonds. The summed E-state index contributed by atoms with van der Waals surface area (Å²) >= 11 is 5.49. The van der Waals surface area contributed by atoms with Gasteiger partial charge < -0.3 is 11.1 Å². The number of carbonyl (C=O) groups excluding carboxylic acids is 2. The molecule has 4 nitrogen and oxygen atoms in total. The lowest BCUT2D eigenvalue weighted by molar-refractivity contribution is -0.116. The number of primary amides is 1. The van der Waals surface area contributed by atoms with Crippen molar-refractivity contribution in [2.45, 2.75) is 19.3 Å².